The zero-order valence-corrected chi connectivity index (χ0v) is 14.1. The van der Waals surface area contributed by atoms with Crippen molar-refractivity contribution < 1.29 is 4.74 Å². The van der Waals surface area contributed by atoms with E-state index in [0.29, 0.717) is 18.2 Å². The SMILES string of the molecule is NCCc1nc(-c2cc(Cl)ccc2OCc2ccccc2)cs1. The lowest BCUT2D eigenvalue weighted by Crippen LogP contribution is -2.02. The van der Waals surface area contributed by atoms with Crippen LogP contribution in [0, 0.1) is 0 Å². The van der Waals surface area contributed by atoms with Crippen LogP contribution in [0.5, 0.6) is 5.75 Å². The molecule has 0 unspecified atom stereocenters. The molecule has 0 radical (unpaired) electrons. The van der Waals surface area contributed by atoms with Crippen molar-refractivity contribution in [3.63, 3.8) is 0 Å². The first-order chi connectivity index (χ1) is 11.3. The fraction of sp³-hybridized carbons (Fsp3) is 0.167. The number of hydrogen-bond donors (Lipinski definition) is 1. The van der Waals surface area contributed by atoms with Crippen LogP contribution in [0.15, 0.2) is 53.9 Å². The summed E-state index contributed by atoms with van der Waals surface area (Å²) in [5.74, 6) is 0.780. The largest absolute Gasteiger partial charge is 0.488 e. The quantitative estimate of drug-likeness (QED) is 0.714. The molecule has 0 aliphatic rings. The maximum Gasteiger partial charge on any atom is 0.129 e. The van der Waals surface area contributed by atoms with Gasteiger partial charge in [0.05, 0.1) is 10.7 Å². The number of aromatic nitrogens is 1. The van der Waals surface area contributed by atoms with Crippen LogP contribution in [0.3, 0.4) is 0 Å². The van der Waals surface area contributed by atoms with E-state index in [1.54, 1.807) is 11.3 Å². The molecule has 118 valence electrons. The highest BCUT2D eigenvalue weighted by Gasteiger charge is 2.11. The molecule has 2 N–H and O–H groups in total. The number of benzene rings is 2. The molecule has 1 heterocycles. The van der Waals surface area contributed by atoms with E-state index in [0.717, 1.165) is 34.0 Å². The van der Waals surface area contributed by atoms with Crippen LogP contribution in [0.25, 0.3) is 11.3 Å². The Balaban J connectivity index is 1.85. The molecule has 0 atom stereocenters. The van der Waals surface area contributed by atoms with E-state index in [-0.39, 0.29) is 0 Å². The molecule has 2 aromatic carbocycles. The number of thiazole rings is 1. The Kier molecular flexibility index (Phi) is 5.28. The monoisotopic (exact) mass is 344 g/mol. The van der Waals surface area contributed by atoms with Crippen LogP contribution in [0.2, 0.25) is 5.02 Å². The van der Waals surface area contributed by atoms with Crippen molar-refractivity contribution in [2.75, 3.05) is 6.54 Å². The van der Waals surface area contributed by atoms with Gasteiger partial charge in [-0.15, -0.1) is 11.3 Å². The van der Waals surface area contributed by atoms with E-state index in [9.17, 15) is 0 Å². The van der Waals surface area contributed by atoms with Gasteiger partial charge in [0.1, 0.15) is 12.4 Å². The van der Waals surface area contributed by atoms with Crippen molar-refractivity contribution in [2.45, 2.75) is 13.0 Å². The lowest BCUT2D eigenvalue weighted by Gasteiger charge is -2.11. The van der Waals surface area contributed by atoms with Crippen LogP contribution in [0.1, 0.15) is 10.6 Å². The highest BCUT2D eigenvalue weighted by atomic mass is 35.5. The second-order valence-corrected chi connectivity index (χ2v) is 6.46. The number of nitrogens with two attached hydrogens (primary N) is 1. The van der Waals surface area contributed by atoms with Gasteiger partial charge in [0, 0.05) is 22.4 Å². The Labute approximate surface area is 144 Å². The van der Waals surface area contributed by atoms with Gasteiger partial charge in [0.15, 0.2) is 0 Å². The highest BCUT2D eigenvalue weighted by molar-refractivity contribution is 7.09. The molecular weight excluding hydrogens is 328 g/mol. The predicted molar refractivity (Wildman–Crippen MR) is 96.1 cm³/mol. The number of halogens is 1. The van der Waals surface area contributed by atoms with E-state index in [1.165, 1.54) is 0 Å². The van der Waals surface area contributed by atoms with Crippen LogP contribution >= 0.6 is 22.9 Å². The first-order valence-corrected chi connectivity index (χ1v) is 8.63. The van der Waals surface area contributed by atoms with Gasteiger partial charge >= 0.3 is 0 Å². The molecule has 3 nitrogen and oxygen atoms in total. The normalized spacial score (nSPS) is 10.7. The van der Waals surface area contributed by atoms with Crippen molar-refractivity contribution in [2.24, 2.45) is 5.73 Å². The maximum absolute atomic E-state index is 6.15. The van der Waals surface area contributed by atoms with Gasteiger partial charge in [-0.25, -0.2) is 4.98 Å². The zero-order valence-electron chi connectivity index (χ0n) is 12.5. The Hall–Kier alpha value is -1.88. The summed E-state index contributed by atoms with van der Waals surface area (Å²) < 4.78 is 5.98. The van der Waals surface area contributed by atoms with Crippen molar-refractivity contribution in [3.8, 4) is 17.0 Å². The average Bonchev–Trinajstić information content (AvgIpc) is 3.03. The maximum atomic E-state index is 6.15. The van der Waals surface area contributed by atoms with E-state index in [4.69, 9.17) is 22.1 Å². The van der Waals surface area contributed by atoms with E-state index >= 15 is 0 Å². The molecule has 1 aromatic heterocycles. The van der Waals surface area contributed by atoms with Crippen molar-refractivity contribution in [3.05, 3.63) is 69.5 Å². The van der Waals surface area contributed by atoms with Crippen LogP contribution in [-0.2, 0) is 13.0 Å². The third-order valence-corrected chi connectivity index (χ3v) is 4.51. The van der Waals surface area contributed by atoms with Crippen molar-refractivity contribution in [1.82, 2.24) is 4.98 Å². The van der Waals surface area contributed by atoms with Gasteiger partial charge < -0.3 is 10.5 Å². The Bertz CT molecular complexity index is 774. The highest BCUT2D eigenvalue weighted by Crippen LogP contribution is 2.33. The first-order valence-electron chi connectivity index (χ1n) is 7.37. The smallest absolute Gasteiger partial charge is 0.129 e. The summed E-state index contributed by atoms with van der Waals surface area (Å²) in [5, 5.41) is 3.71. The standard InChI is InChI=1S/C18H17ClN2OS/c19-14-6-7-17(22-11-13-4-2-1-3-5-13)15(10-14)16-12-23-18(21-16)8-9-20/h1-7,10,12H,8-9,11,20H2. The second kappa shape index (κ2) is 7.59. The number of rotatable bonds is 6. The minimum atomic E-state index is 0.509. The van der Waals surface area contributed by atoms with E-state index in [2.05, 4.69) is 4.98 Å². The summed E-state index contributed by atoms with van der Waals surface area (Å²) in [5.41, 5.74) is 8.51. The molecular formula is C18H17ClN2OS. The summed E-state index contributed by atoms with van der Waals surface area (Å²) in [7, 11) is 0. The van der Waals surface area contributed by atoms with E-state index in [1.807, 2.05) is 53.9 Å². The Morgan fingerprint density at radius 2 is 1.96 bits per heavy atom. The van der Waals surface area contributed by atoms with Gasteiger partial charge in [-0.1, -0.05) is 41.9 Å². The van der Waals surface area contributed by atoms with Gasteiger partial charge in [-0.3, -0.25) is 0 Å². The second-order valence-electron chi connectivity index (χ2n) is 5.08. The summed E-state index contributed by atoms with van der Waals surface area (Å²) in [6.07, 6.45) is 0.783. The lowest BCUT2D eigenvalue weighted by atomic mass is 10.1. The molecule has 0 saturated carbocycles. The minimum absolute atomic E-state index is 0.509. The average molecular weight is 345 g/mol. The topological polar surface area (TPSA) is 48.1 Å². The molecule has 0 bridgehead atoms. The Morgan fingerprint density at radius 3 is 2.74 bits per heavy atom. The number of ether oxygens (including phenoxy) is 1. The fourth-order valence-electron chi connectivity index (χ4n) is 2.24. The molecule has 0 spiro atoms. The molecule has 0 aliphatic carbocycles. The molecule has 5 heteroatoms. The Morgan fingerprint density at radius 1 is 1.13 bits per heavy atom. The van der Waals surface area contributed by atoms with Crippen molar-refractivity contribution in [1.29, 1.82) is 0 Å². The molecule has 0 saturated heterocycles. The van der Waals surface area contributed by atoms with Crippen molar-refractivity contribution >= 4 is 22.9 Å². The minimum Gasteiger partial charge on any atom is -0.488 e. The first kappa shape index (κ1) is 16.0. The van der Waals surface area contributed by atoms with Crippen LogP contribution < -0.4 is 10.5 Å². The summed E-state index contributed by atoms with van der Waals surface area (Å²) in [6.45, 7) is 1.11. The third kappa shape index (κ3) is 4.10. The summed E-state index contributed by atoms with van der Waals surface area (Å²) in [6, 6.07) is 15.7. The van der Waals surface area contributed by atoms with Gasteiger partial charge in [-0.2, -0.15) is 0 Å². The van der Waals surface area contributed by atoms with Gasteiger partial charge in [-0.05, 0) is 30.3 Å². The lowest BCUT2D eigenvalue weighted by molar-refractivity contribution is 0.307. The summed E-state index contributed by atoms with van der Waals surface area (Å²) >= 11 is 7.76. The van der Waals surface area contributed by atoms with Gasteiger partial charge in [0.25, 0.3) is 0 Å². The molecule has 3 aromatic rings. The fourth-order valence-corrected chi connectivity index (χ4v) is 3.22. The van der Waals surface area contributed by atoms with Crippen LogP contribution in [-0.4, -0.2) is 11.5 Å². The van der Waals surface area contributed by atoms with Gasteiger partial charge in [0.2, 0.25) is 0 Å². The molecule has 0 amide bonds. The number of nitrogens with zero attached hydrogens (tertiary/aromatic N) is 1. The molecule has 23 heavy (non-hydrogen) atoms. The zero-order chi connectivity index (χ0) is 16.1. The summed E-state index contributed by atoms with van der Waals surface area (Å²) in [4.78, 5) is 4.63. The van der Waals surface area contributed by atoms with E-state index < -0.39 is 0 Å². The molecule has 0 fully saturated rings. The predicted octanol–water partition coefficient (Wildman–Crippen LogP) is 4.54. The molecule has 0 aliphatic heterocycles. The molecule has 3 rings (SSSR count). The number of hydrogen-bond acceptors (Lipinski definition) is 4. The third-order valence-electron chi connectivity index (χ3n) is 3.36. The van der Waals surface area contributed by atoms with Crippen LogP contribution in [0.4, 0.5) is 0 Å².